The first kappa shape index (κ1) is 27.7. The molecule has 2 aromatic carbocycles. The highest BCUT2D eigenvalue weighted by atomic mass is 16.4. The maximum Gasteiger partial charge on any atom is 0.407 e. The molecule has 2 saturated heterocycles. The summed E-state index contributed by atoms with van der Waals surface area (Å²) in [4.78, 5) is 43.9. The van der Waals surface area contributed by atoms with Crippen molar-refractivity contribution in [1.29, 1.82) is 0 Å². The standard InChI is InChI=1S/C32H37N7O3/c1-31(2,3)39-17-5-15-32(39,29(33)40)26-19-35-28(37-26)23-13-9-21(10-14-23)20-7-11-22(12-8-20)27-34-18-24(36-27)25-6-4-16-38(25)30(41)42/h7-14,18-19,25H,4-6,15-17H2,1-3H3,(H2,33,40)(H,34,36)(H,35,37)(H,41,42). The Kier molecular flexibility index (Phi) is 6.89. The number of carboxylic acid groups (broad SMARTS) is 1. The molecule has 2 aliphatic rings. The number of likely N-dealkylation sites (tertiary alicyclic amines) is 2. The molecule has 0 spiro atoms. The number of amides is 2. The van der Waals surface area contributed by atoms with Crippen molar-refractivity contribution < 1.29 is 14.7 Å². The van der Waals surface area contributed by atoms with E-state index in [1.165, 1.54) is 4.90 Å². The lowest BCUT2D eigenvalue weighted by molar-refractivity contribution is -0.132. The summed E-state index contributed by atoms with van der Waals surface area (Å²) >= 11 is 0. The molecule has 2 fully saturated rings. The third kappa shape index (κ3) is 4.75. The number of imidazole rings is 2. The summed E-state index contributed by atoms with van der Waals surface area (Å²) in [7, 11) is 0. The van der Waals surface area contributed by atoms with Gasteiger partial charge in [0.15, 0.2) is 0 Å². The Labute approximate surface area is 245 Å². The molecule has 0 radical (unpaired) electrons. The Morgan fingerprint density at radius 3 is 2.02 bits per heavy atom. The number of H-pyrrole nitrogens is 2. The normalized spacial score (nSPS) is 21.2. The van der Waals surface area contributed by atoms with Gasteiger partial charge in [0.2, 0.25) is 5.91 Å². The number of aromatic amines is 2. The third-order valence-electron chi connectivity index (χ3n) is 8.72. The van der Waals surface area contributed by atoms with E-state index in [4.69, 9.17) is 5.73 Å². The van der Waals surface area contributed by atoms with Crippen LogP contribution in [0.3, 0.4) is 0 Å². The molecule has 2 aliphatic heterocycles. The second kappa shape index (κ2) is 10.4. The Morgan fingerprint density at radius 1 is 0.881 bits per heavy atom. The number of nitrogens with one attached hydrogen (secondary N) is 2. The highest BCUT2D eigenvalue weighted by Crippen LogP contribution is 2.43. The van der Waals surface area contributed by atoms with E-state index in [0.717, 1.165) is 65.3 Å². The molecule has 0 saturated carbocycles. The van der Waals surface area contributed by atoms with Gasteiger partial charge >= 0.3 is 6.09 Å². The van der Waals surface area contributed by atoms with E-state index in [0.29, 0.717) is 18.8 Å². The third-order valence-corrected chi connectivity index (χ3v) is 8.72. The van der Waals surface area contributed by atoms with Crippen LogP contribution in [0.15, 0.2) is 60.9 Å². The monoisotopic (exact) mass is 567 g/mol. The maximum atomic E-state index is 12.8. The van der Waals surface area contributed by atoms with Gasteiger partial charge in [0.25, 0.3) is 0 Å². The molecule has 2 amide bonds. The fourth-order valence-electron chi connectivity index (χ4n) is 6.69. The number of primary amides is 1. The van der Waals surface area contributed by atoms with Crippen LogP contribution in [-0.2, 0) is 10.3 Å². The van der Waals surface area contributed by atoms with E-state index in [1.807, 2.05) is 24.3 Å². The van der Waals surface area contributed by atoms with Crippen LogP contribution in [0.5, 0.6) is 0 Å². The van der Waals surface area contributed by atoms with Gasteiger partial charge in [-0.1, -0.05) is 48.5 Å². The number of benzene rings is 2. The minimum Gasteiger partial charge on any atom is -0.465 e. The van der Waals surface area contributed by atoms with Crippen LogP contribution in [-0.4, -0.2) is 65.5 Å². The summed E-state index contributed by atoms with van der Waals surface area (Å²) < 4.78 is 0. The SMILES string of the molecule is CC(C)(C)N1CCCC1(C(N)=O)c1cnc(-c2ccc(-c3ccc(-c4ncc(C5CCCN5C(=O)O)[nH]4)cc3)cc2)[nH]1. The van der Waals surface area contributed by atoms with Gasteiger partial charge in [-0.15, -0.1) is 0 Å². The zero-order chi connectivity index (χ0) is 29.6. The molecule has 0 aliphatic carbocycles. The first-order valence-corrected chi connectivity index (χ1v) is 14.5. The van der Waals surface area contributed by atoms with E-state index >= 15 is 0 Å². The Balaban J connectivity index is 1.19. The molecule has 2 atom stereocenters. The smallest absolute Gasteiger partial charge is 0.407 e. The zero-order valence-corrected chi connectivity index (χ0v) is 24.2. The molecular formula is C32H37N7O3. The number of hydrogen-bond donors (Lipinski definition) is 4. The fourth-order valence-corrected chi connectivity index (χ4v) is 6.69. The van der Waals surface area contributed by atoms with Gasteiger partial charge in [-0.3, -0.25) is 14.6 Å². The topological polar surface area (TPSA) is 144 Å². The molecule has 6 rings (SSSR count). The number of carbonyl (C=O) groups excluding carboxylic acids is 1. The second-order valence-corrected chi connectivity index (χ2v) is 12.3. The van der Waals surface area contributed by atoms with E-state index in [9.17, 15) is 14.7 Å². The summed E-state index contributed by atoms with van der Waals surface area (Å²) in [5.41, 5.74) is 10.4. The molecule has 0 bridgehead atoms. The largest absolute Gasteiger partial charge is 0.465 e. The molecule has 5 N–H and O–H groups in total. The molecule has 42 heavy (non-hydrogen) atoms. The number of carbonyl (C=O) groups is 2. The van der Waals surface area contributed by atoms with Crippen LogP contribution in [0, 0.1) is 0 Å². The molecule has 2 aromatic heterocycles. The van der Waals surface area contributed by atoms with Gasteiger partial charge in [0.1, 0.15) is 17.2 Å². The predicted octanol–water partition coefficient (Wildman–Crippen LogP) is 5.52. The molecule has 4 aromatic rings. The fraction of sp³-hybridized carbons (Fsp3) is 0.375. The molecule has 218 valence electrons. The summed E-state index contributed by atoms with van der Waals surface area (Å²) in [6, 6.07) is 16.1. The van der Waals surface area contributed by atoms with Gasteiger partial charge in [0.05, 0.1) is 29.8 Å². The van der Waals surface area contributed by atoms with Crippen LogP contribution in [0.4, 0.5) is 4.79 Å². The average Bonchev–Trinajstić information content (AvgIpc) is 3.78. The minimum atomic E-state index is -0.896. The predicted molar refractivity (Wildman–Crippen MR) is 160 cm³/mol. The summed E-state index contributed by atoms with van der Waals surface area (Å²) in [5.74, 6) is 1.07. The Morgan fingerprint density at radius 2 is 1.45 bits per heavy atom. The van der Waals surface area contributed by atoms with Crippen LogP contribution >= 0.6 is 0 Å². The van der Waals surface area contributed by atoms with E-state index in [-0.39, 0.29) is 17.5 Å². The van der Waals surface area contributed by atoms with Crippen molar-refractivity contribution in [3.05, 3.63) is 72.3 Å². The minimum absolute atomic E-state index is 0.177. The number of aromatic nitrogens is 4. The van der Waals surface area contributed by atoms with Gasteiger partial charge in [-0.2, -0.15) is 0 Å². The quantitative estimate of drug-likeness (QED) is 0.241. The van der Waals surface area contributed by atoms with Crippen LogP contribution < -0.4 is 5.73 Å². The summed E-state index contributed by atoms with van der Waals surface area (Å²) in [6.07, 6.45) is 5.80. The van der Waals surface area contributed by atoms with Crippen LogP contribution in [0.2, 0.25) is 0 Å². The van der Waals surface area contributed by atoms with Crippen LogP contribution in [0.1, 0.15) is 63.9 Å². The van der Waals surface area contributed by atoms with Crippen molar-refractivity contribution in [2.24, 2.45) is 5.73 Å². The molecule has 10 heteroatoms. The van der Waals surface area contributed by atoms with Crippen LogP contribution in [0.25, 0.3) is 33.9 Å². The molecule has 2 unspecified atom stereocenters. The highest BCUT2D eigenvalue weighted by molar-refractivity contribution is 5.86. The van der Waals surface area contributed by atoms with Crippen molar-refractivity contribution in [1.82, 2.24) is 29.7 Å². The Bertz CT molecular complexity index is 1600. The van der Waals surface area contributed by atoms with Crippen molar-refractivity contribution >= 4 is 12.0 Å². The van der Waals surface area contributed by atoms with Gasteiger partial charge in [0, 0.05) is 29.8 Å². The first-order valence-electron chi connectivity index (χ1n) is 14.5. The Hall–Kier alpha value is -4.44. The number of nitrogens with two attached hydrogens (primary N) is 1. The zero-order valence-electron chi connectivity index (χ0n) is 24.2. The van der Waals surface area contributed by atoms with E-state index < -0.39 is 11.6 Å². The van der Waals surface area contributed by atoms with Gasteiger partial charge in [-0.05, 0) is 57.6 Å². The van der Waals surface area contributed by atoms with Crippen molar-refractivity contribution in [2.45, 2.75) is 63.6 Å². The summed E-state index contributed by atoms with van der Waals surface area (Å²) in [6.45, 7) is 7.67. The van der Waals surface area contributed by atoms with E-state index in [1.54, 1.807) is 12.4 Å². The lowest BCUT2D eigenvalue weighted by atomic mass is 9.88. The lowest BCUT2D eigenvalue weighted by Crippen LogP contribution is -2.58. The number of nitrogens with zero attached hydrogens (tertiary/aromatic N) is 4. The van der Waals surface area contributed by atoms with Crippen molar-refractivity contribution in [3.63, 3.8) is 0 Å². The van der Waals surface area contributed by atoms with Gasteiger partial charge < -0.3 is 20.8 Å². The van der Waals surface area contributed by atoms with Gasteiger partial charge in [-0.25, -0.2) is 14.8 Å². The first-order chi connectivity index (χ1) is 20.1. The lowest BCUT2D eigenvalue weighted by Gasteiger charge is -2.43. The number of hydrogen-bond acceptors (Lipinski definition) is 5. The average molecular weight is 568 g/mol. The maximum absolute atomic E-state index is 12.8. The molecular weight excluding hydrogens is 530 g/mol. The summed E-state index contributed by atoms with van der Waals surface area (Å²) in [5, 5.41) is 9.47. The highest BCUT2D eigenvalue weighted by Gasteiger charge is 2.52. The number of rotatable bonds is 6. The molecule has 4 heterocycles. The van der Waals surface area contributed by atoms with Crippen molar-refractivity contribution in [3.8, 4) is 33.9 Å². The van der Waals surface area contributed by atoms with Crippen molar-refractivity contribution in [2.75, 3.05) is 13.1 Å². The molecule has 10 nitrogen and oxygen atoms in total. The van der Waals surface area contributed by atoms with E-state index in [2.05, 4.69) is 69.9 Å². The second-order valence-electron chi connectivity index (χ2n) is 12.3.